The van der Waals surface area contributed by atoms with Crippen LogP contribution in [0.25, 0.3) is 0 Å². The molecular formula is C15H31NO. The summed E-state index contributed by atoms with van der Waals surface area (Å²) in [6, 6.07) is 0.790. The van der Waals surface area contributed by atoms with Crippen molar-refractivity contribution in [3.8, 4) is 0 Å². The Morgan fingerprint density at radius 2 is 2.00 bits per heavy atom. The molecule has 0 aromatic carbocycles. The lowest BCUT2D eigenvalue weighted by atomic mass is 9.79. The molecule has 0 aromatic heterocycles. The number of methoxy groups -OCH3 is 1. The largest absolute Gasteiger partial charge is 0.385 e. The summed E-state index contributed by atoms with van der Waals surface area (Å²) in [4.78, 5) is 0. The molecule has 0 spiro atoms. The smallest absolute Gasteiger partial charge is 0.0462 e. The molecule has 0 aromatic rings. The predicted octanol–water partition coefficient (Wildman–Crippen LogP) is 3.61. The first-order valence-corrected chi connectivity index (χ1v) is 7.46. The molecule has 1 N–H and O–H groups in total. The fourth-order valence-electron chi connectivity index (χ4n) is 2.87. The molecule has 1 rings (SSSR count). The van der Waals surface area contributed by atoms with Crippen molar-refractivity contribution < 1.29 is 4.74 Å². The van der Waals surface area contributed by atoms with Crippen molar-refractivity contribution in [2.24, 2.45) is 11.8 Å². The lowest BCUT2D eigenvalue weighted by Gasteiger charge is -2.32. The maximum atomic E-state index is 5.06. The van der Waals surface area contributed by atoms with Gasteiger partial charge in [0.05, 0.1) is 0 Å². The minimum absolute atomic E-state index is 0.790. The number of unbranched alkanes of at least 4 members (excludes halogenated alkanes) is 2. The summed E-state index contributed by atoms with van der Waals surface area (Å²) in [7, 11) is 1.78. The third kappa shape index (κ3) is 6.42. The molecule has 2 heteroatoms. The quantitative estimate of drug-likeness (QED) is 0.656. The van der Waals surface area contributed by atoms with E-state index in [1.165, 1.54) is 51.5 Å². The molecule has 2 nitrogen and oxygen atoms in total. The van der Waals surface area contributed by atoms with Gasteiger partial charge in [-0.25, -0.2) is 0 Å². The summed E-state index contributed by atoms with van der Waals surface area (Å²) >= 11 is 0. The standard InChI is InChI=1S/C15H31NO/c1-13(2)14-8-7-9-15(12-14)16-10-5-4-6-11-17-3/h13-16H,4-12H2,1-3H3. The van der Waals surface area contributed by atoms with Gasteiger partial charge in [-0.3, -0.25) is 0 Å². The van der Waals surface area contributed by atoms with Crippen LogP contribution in [0.1, 0.15) is 58.8 Å². The number of rotatable bonds is 8. The van der Waals surface area contributed by atoms with Crippen LogP contribution in [0.2, 0.25) is 0 Å². The van der Waals surface area contributed by atoms with Gasteiger partial charge in [-0.15, -0.1) is 0 Å². The Kier molecular flexibility index (Phi) is 7.87. The van der Waals surface area contributed by atoms with E-state index >= 15 is 0 Å². The Morgan fingerprint density at radius 3 is 2.71 bits per heavy atom. The first-order chi connectivity index (χ1) is 8.24. The summed E-state index contributed by atoms with van der Waals surface area (Å²) in [6.45, 7) is 6.85. The minimum atomic E-state index is 0.790. The van der Waals surface area contributed by atoms with Gasteiger partial charge >= 0.3 is 0 Å². The van der Waals surface area contributed by atoms with Crippen LogP contribution in [0.3, 0.4) is 0 Å². The zero-order valence-electron chi connectivity index (χ0n) is 12.0. The van der Waals surface area contributed by atoms with E-state index in [1.807, 2.05) is 0 Å². The number of hydrogen-bond donors (Lipinski definition) is 1. The summed E-state index contributed by atoms with van der Waals surface area (Å²) < 4.78 is 5.06. The molecule has 1 aliphatic carbocycles. The first-order valence-electron chi connectivity index (χ1n) is 7.46. The Balaban J connectivity index is 2.02. The fourth-order valence-corrected chi connectivity index (χ4v) is 2.87. The van der Waals surface area contributed by atoms with Gasteiger partial charge < -0.3 is 10.1 Å². The molecule has 1 saturated carbocycles. The zero-order valence-corrected chi connectivity index (χ0v) is 12.0. The second kappa shape index (κ2) is 8.93. The van der Waals surface area contributed by atoms with E-state index in [9.17, 15) is 0 Å². The van der Waals surface area contributed by atoms with Crippen LogP contribution in [0.15, 0.2) is 0 Å². The monoisotopic (exact) mass is 241 g/mol. The highest BCUT2D eigenvalue weighted by Gasteiger charge is 2.23. The van der Waals surface area contributed by atoms with Crippen LogP contribution >= 0.6 is 0 Å². The van der Waals surface area contributed by atoms with Crippen molar-refractivity contribution >= 4 is 0 Å². The van der Waals surface area contributed by atoms with E-state index in [1.54, 1.807) is 7.11 Å². The van der Waals surface area contributed by atoms with E-state index in [2.05, 4.69) is 19.2 Å². The maximum Gasteiger partial charge on any atom is 0.0462 e. The maximum absolute atomic E-state index is 5.06. The zero-order chi connectivity index (χ0) is 12.5. The van der Waals surface area contributed by atoms with Gasteiger partial charge in [-0.1, -0.05) is 26.7 Å². The minimum Gasteiger partial charge on any atom is -0.385 e. The van der Waals surface area contributed by atoms with E-state index in [0.717, 1.165) is 24.5 Å². The predicted molar refractivity (Wildman–Crippen MR) is 74.3 cm³/mol. The van der Waals surface area contributed by atoms with Gasteiger partial charge in [0.2, 0.25) is 0 Å². The number of hydrogen-bond acceptors (Lipinski definition) is 2. The average Bonchev–Trinajstić information content (AvgIpc) is 2.34. The molecule has 1 fully saturated rings. The summed E-state index contributed by atoms with van der Waals surface area (Å²) in [5, 5.41) is 3.74. The SMILES string of the molecule is COCCCCCNC1CCCC(C(C)C)C1. The van der Waals surface area contributed by atoms with Gasteiger partial charge in [-0.2, -0.15) is 0 Å². The molecule has 0 aliphatic heterocycles. The highest BCUT2D eigenvalue weighted by atomic mass is 16.5. The van der Waals surface area contributed by atoms with E-state index in [0.29, 0.717) is 0 Å². The van der Waals surface area contributed by atoms with Crippen LogP contribution in [0, 0.1) is 11.8 Å². The molecule has 2 unspecified atom stereocenters. The molecule has 0 radical (unpaired) electrons. The summed E-state index contributed by atoms with van der Waals surface area (Å²) in [5.41, 5.74) is 0. The van der Waals surface area contributed by atoms with E-state index in [4.69, 9.17) is 4.74 Å². The molecule has 0 saturated heterocycles. The van der Waals surface area contributed by atoms with Crippen molar-refractivity contribution in [3.63, 3.8) is 0 Å². The van der Waals surface area contributed by atoms with Crippen molar-refractivity contribution in [1.29, 1.82) is 0 Å². The molecule has 0 heterocycles. The van der Waals surface area contributed by atoms with Gasteiger partial charge in [0, 0.05) is 19.8 Å². The Hall–Kier alpha value is -0.0800. The van der Waals surface area contributed by atoms with Crippen LogP contribution in [0.4, 0.5) is 0 Å². The molecule has 0 bridgehead atoms. The highest BCUT2D eigenvalue weighted by molar-refractivity contribution is 4.79. The van der Waals surface area contributed by atoms with Crippen LogP contribution in [-0.2, 0) is 4.74 Å². The molecule has 2 atom stereocenters. The Bertz CT molecular complexity index is 182. The molecular weight excluding hydrogens is 210 g/mol. The molecule has 1 aliphatic rings. The van der Waals surface area contributed by atoms with Crippen molar-refractivity contribution in [2.75, 3.05) is 20.3 Å². The van der Waals surface area contributed by atoms with Gasteiger partial charge in [-0.05, 0) is 50.5 Å². The van der Waals surface area contributed by atoms with Crippen molar-refractivity contribution in [3.05, 3.63) is 0 Å². The fraction of sp³-hybridized carbons (Fsp3) is 1.00. The van der Waals surface area contributed by atoms with Crippen molar-refractivity contribution in [2.45, 2.75) is 64.8 Å². The van der Waals surface area contributed by atoms with Gasteiger partial charge in [0.25, 0.3) is 0 Å². The highest BCUT2D eigenvalue weighted by Crippen LogP contribution is 2.29. The average molecular weight is 241 g/mol. The first kappa shape index (κ1) is 15.0. The van der Waals surface area contributed by atoms with Crippen LogP contribution in [-0.4, -0.2) is 26.3 Å². The third-order valence-corrected chi connectivity index (χ3v) is 4.12. The van der Waals surface area contributed by atoms with E-state index < -0.39 is 0 Å². The van der Waals surface area contributed by atoms with E-state index in [-0.39, 0.29) is 0 Å². The lowest BCUT2D eigenvalue weighted by Crippen LogP contribution is -2.36. The van der Waals surface area contributed by atoms with Crippen LogP contribution < -0.4 is 5.32 Å². The van der Waals surface area contributed by atoms with Crippen LogP contribution in [0.5, 0.6) is 0 Å². The molecule has 102 valence electrons. The summed E-state index contributed by atoms with van der Waals surface area (Å²) in [6.07, 6.45) is 9.45. The van der Waals surface area contributed by atoms with Gasteiger partial charge in [0.1, 0.15) is 0 Å². The Morgan fingerprint density at radius 1 is 1.18 bits per heavy atom. The summed E-state index contributed by atoms with van der Waals surface area (Å²) in [5.74, 6) is 1.82. The van der Waals surface area contributed by atoms with Gasteiger partial charge in [0.15, 0.2) is 0 Å². The second-order valence-corrected chi connectivity index (χ2v) is 5.88. The Labute approximate surface area is 108 Å². The third-order valence-electron chi connectivity index (χ3n) is 4.12. The topological polar surface area (TPSA) is 21.3 Å². The number of nitrogens with one attached hydrogen (secondary N) is 1. The second-order valence-electron chi connectivity index (χ2n) is 5.88. The van der Waals surface area contributed by atoms with Crippen molar-refractivity contribution in [1.82, 2.24) is 5.32 Å². The normalized spacial score (nSPS) is 25.4. The molecule has 17 heavy (non-hydrogen) atoms. The molecule has 0 amide bonds. The lowest BCUT2D eigenvalue weighted by molar-refractivity contribution is 0.191. The number of ether oxygens (including phenoxy) is 1.